The van der Waals surface area contributed by atoms with Gasteiger partial charge in [0.1, 0.15) is 0 Å². The first-order valence-corrected chi connectivity index (χ1v) is 4.48. The molecule has 74 valence electrons. The van der Waals surface area contributed by atoms with Crippen molar-refractivity contribution in [3.63, 3.8) is 0 Å². The van der Waals surface area contributed by atoms with Gasteiger partial charge in [0.25, 0.3) is 0 Å². The van der Waals surface area contributed by atoms with Gasteiger partial charge in [-0.2, -0.15) is 5.48 Å². The van der Waals surface area contributed by atoms with Crippen LogP contribution in [-0.4, -0.2) is 17.7 Å². The summed E-state index contributed by atoms with van der Waals surface area (Å²) < 4.78 is 0. The summed E-state index contributed by atoms with van der Waals surface area (Å²) in [5, 5.41) is 8.80. The third-order valence-electron chi connectivity index (χ3n) is 2.27. The summed E-state index contributed by atoms with van der Waals surface area (Å²) in [6, 6.07) is 7.03. The molecular weight excluding hydrogens is 182 g/mol. The molecule has 14 heavy (non-hydrogen) atoms. The number of hydrogen-bond donors (Lipinski definition) is 2. The van der Waals surface area contributed by atoms with Crippen LogP contribution in [0.5, 0.6) is 0 Å². The average Bonchev–Trinajstić information content (AvgIpc) is 2.71. The van der Waals surface area contributed by atoms with Gasteiger partial charge in [-0.15, -0.1) is 0 Å². The quantitative estimate of drug-likeness (QED) is 0.744. The fourth-order valence-corrected chi connectivity index (χ4v) is 1.52. The van der Waals surface area contributed by atoms with Gasteiger partial charge in [0, 0.05) is 0 Å². The summed E-state index contributed by atoms with van der Waals surface area (Å²) in [5.74, 6) is -0.897. The molecule has 1 aromatic rings. The van der Waals surface area contributed by atoms with E-state index in [-0.39, 0.29) is 6.04 Å². The van der Waals surface area contributed by atoms with Crippen LogP contribution in [0.2, 0.25) is 0 Å². The molecule has 1 atom stereocenters. The first kappa shape index (κ1) is 9.18. The van der Waals surface area contributed by atoms with E-state index in [2.05, 4.69) is 5.48 Å². The van der Waals surface area contributed by atoms with Gasteiger partial charge in [-0.3, -0.25) is 0 Å². The van der Waals surface area contributed by atoms with E-state index in [9.17, 15) is 4.79 Å². The van der Waals surface area contributed by atoms with Crippen molar-refractivity contribution in [1.82, 2.24) is 5.48 Å². The molecule has 0 saturated carbocycles. The lowest BCUT2D eigenvalue weighted by Gasteiger charge is -2.08. The van der Waals surface area contributed by atoms with E-state index in [0.717, 1.165) is 12.0 Å². The Hall–Kier alpha value is -1.39. The first-order valence-electron chi connectivity index (χ1n) is 4.48. The van der Waals surface area contributed by atoms with Crippen molar-refractivity contribution in [2.24, 2.45) is 0 Å². The molecule has 2 rings (SSSR count). The van der Waals surface area contributed by atoms with E-state index < -0.39 is 5.97 Å². The van der Waals surface area contributed by atoms with E-state index in [1.54, 1.807) is 18.2 Å². The molecule has 0 bridgehead atoms. The molecule has 1 aromatic carbocycles. The minimum Gasteiger partial charge on any atom is -0.478 e. The highest BCUT2D eigenvalue weighted by Gasteiger charge is 2.17. The second kappa shape index (κ2) is 3.77. The summed E-state index contributed by atoms with van der Waals surface area (Å²) in [6.45, 7) is 0.669. The second-order valence-corrected chi connectivity index (χ2v) is 3.24. The number of hydrogen-bond acceptors (Lipinski definition) is 3. The maximum Gasteiger partial charge on any atom is 0.335 e. The molecular formula is C10H11NO3. The summed E-state index contributed by atoms with van der Waals surface area (Å²) in [7, 11) is 0. The fourth-order valence-electron chi connectivity index (χ4n) is 1.52. The Morgan fingerprint density at radius 1 is 1.57 bits per heavy atom. The van der Waals surface area contributed by atoms with Gasteiger partial charge in [0.2, 0.25) is 0 Å². The van der Waals surface area contributed by atoms with Crippen molar-refractivity contribution in [2.75, 3.05) is 6.61 Å². The van der Waals surface area contributed by atoms with Gasteiger partial charge < -0.3 is 9.94 Å². The molecule has 2 N–H and O–H groups in total. The normalized spacial score (nSPS) is 21.0. The van der Waals surface area contributed by atoms with Gasteiger partial charge in [0.05, 0.1) is 18.2 Å². The predicted octanol–water partition coefficient (Wildman–Crippen LogP) is 1.35. The third-order valence-corrected chi connectivity index (χ3v) is 2.27. The summed E-state index contributed by atoms with van der Waals surface area (Å²) in [4.78, 5) is 15.7. The molecule has 0 spiro atoms. The molecule has 1 aliphatic heterocycles. The van der Waals surface area contributed by atoms with Crippen molar-refractivity contribution < 1.29 is 14.7 Å². The Kier molecular flexibility index (Phi) is 2.47. The number of nitrogens with one attached hydrogen (secondary N) is 1. The minimum absolute atomic E-state index is 0.120. The lowest BCUT2D eigenvalue weighted by atomic mass is 10.0. The van der Waals surface area contributed by atoms with Crippen LogP contribution in [0.3, 0.4) is 0 Å². The Balaban J connectivity index is 2.25. The van der Waals surface area contributed by atoms with E-state index >= 15 is 0 Å². The molecule has 0 amide bonds. The third kappa shape index (κ3) is 1.76. The van der Waals surface area contributed by atoms with Crippen LogP contribution in [0.15, 0.2) is 24.3 Å². The first-order chi connectivity index (χ1) is 6.77. The van der Waals surface area contributed by atoms with Crippen LogP contribution < -0.4 is 5.48 Å². The van der Waals surface area contributed by atoms with Crippen molar-refractivity contribution in [2.45, 2.75) is 12.5 Å². The highest BCUT2D eigenvalue weighted by atomic mass is 16.7. The Labute approximate surface area is 81.5 Å². The predicted molar refractivity (Wildman–Crippen MR) is 49.8 cm³/mol. The van der Waals surface area contributed by atoms with Crippen molar-refractivity contribution >= 4 is 5.97 Å². The SMILES string of the molecule is O=C(O)c1cccc([C@H]2CCON2)c1. The maximum atomic E-state index is 10.7. The van der Waals surface area contributed by atoms with Crippen LogP contribution >= 0.6 is 0 Å². The van der Waals surface area contributed by atoms with Crippen molar-refractivity contribution in [3.05, 3.63) is 35.4 Å². The van der Waals surface area contributed by atoms with E-state index in [4.69, 9.17) is 9.94 Å². The van der Waals surface area contributed by atoms with E-state index in [1.165, 1.54) is 0 Å². The van der Waals surface area contributed by atoms with Crippen LogP contribution in [0.1, 0.15) is 28.4 Å². The smallest absolute Gasteiger partial charge is 0.335 e. The number of benzene rings is 1. The zero-order valence-corrected chi connectivity index (χ0v) is 7.56. The van der Waals surface area contributed by atoms with Crippen LogP contribution in [0, 0.1) is 0 Å². The van der Waals surface area contributed by atoms with Crippen LogP contribution in [-0.2, 0) is 4.84 Å². The summed E-state index contributed by atoms with van der Waals surface area (Å²) in [5.41, 5.74) is 4.12. The molecule has 4 nitrogen and oxygen atoms in total. The number of carbonyl (C=O) groups is 1. The largest absolute Gasteiger partial charge is 0.478 e. The maximum absolute atomic E-state index is 10.7. The monoisotopic (exact) mass is 193 g/mol. The summed E-state index contributed by atoms with van der Waals surface area (Å²) >= 11 is 0. The van der Waals surface area contributed by atoms with Gasteiger partial charge >= 0.3 is 5.97 Å². The van der Waals surface area contributed by atoms with Crippen LogP contribution in [0.4, 0.5) is 0 Å². The zero-order chi connectivity index (χ0) is 9.97. The summed E-state index contributed by atoms with van der Waals surface area (Å²) in [6.07, 6.45) is 0.878. The van der Waals surface area contributed by atoms with Gasteiger partial charge in [-0.1, -0.05) is 12.1 Å². The number of carboxylic acid groups (broad SMARTS) is 1. The molecule has 1 aliphatic rings. The molecule has 1 saturated heterocycles. The number of carboxylic acids is 1. The van der Waals surface area contributed by atoms with E-state index in [1.807, 2.05) is 6.07 Å². The molecule has 0 unspecified atom stereocenters. The molecule has 0 aliphatic carbocycles. The Morgan fingerprint density at radius 3 is 3.07 bits per heavy atom. The average molecular weight is 193 g/mol. The van der Waals surface area contributed by atoms with E-state index in [0.29, 0.717) is 12.2 Å². The van der Waals surface area contributed by atoms with Gasteiger partial charge in [-0.05, 0) is 24.1 Å². The second-order valence-electron chi connectivity index (χ2n) is 3.24. The molecule has 1 heterocycles. The van der Waals surface area contributed by atoms with Crippen molar-refractivity contribution in [1.29, 1.82) is 0 Å². The number of rotatable bonds is 2. The van der Waals surface area contributed by atoms with Crippen LogP contribution in [0.25, 0.3) is 0 Å². The van der Waals surface area contributed by atoms with Gasteiger partial charge in [0.15, 0.2) is 0 Å². The highest BCUT2D eigenvalue weighted by molar-refractivity contribution is 5.87. The zero-order valence-electron chi connectivity index (χ0n) is 7.56. The molecule has 1 fully saturated rings. The Morgan fingerprint density at radius 2 is 2.43 bits per heavy atom. The molecule has 0 aromatic heterocycles. The topological polar surface area (TPSA) is 58.6 Å². The number of hydroxylamine groups is 1. The lowest BCUT2D eigenvalue weighted by Crippen LogP contribution is -2.12. The van der Waals surface area contributed by atoms with Gasteiger partial charge in [-0.25, -0.2) is 4.79 Å². The fraction of sp³-hybridized carbons (Fsp3) is 0.300. The molecule has 4 heteroatoms. The standard InChI is InChI=1S/C10H11NO3/c12-10(13)8-3-1-2-7(6-8)9-4-5-14-11-9/h1-3,6,9,11H,4-5H2,(H,12,13)/t9-/m1/s1. The molecule has 0 radical (unpaired) electrons. The Bertz CT molecular complexity index is 345. The minimum atomic E-state index is -0.897. The van der Waals surface area contributed by atoms with Crippen molar-refractivity contribution in [3.8, 4) is 0 Å². The number of aromatic carboxylic acids is 1. The lowest BCUT2D eigenvalue weighted by molar-refractivity contribution is 0.0696. The highest BCUT2D eigenvalue weighted by Crippen LogP contribution is 2.21.